The summed E-state index contributed by atoms with van der Waals surface area (Å²) in [4.78, 5) is 1.48. The first-order chi connectivity index (χ1) is 8.40. The van der Waals surface area contributed by atoms with Gasteiger partial charge in [0.1, 0.15) is 0 Å². The molecule has 90 valence electrons. The molecule has 3 rings (SSSR count). The summed E-state index contributed by atoms with van der Waals surface area (Å²) in [6.07, 6.45) is 1.04. The molecule has 0 spiro atoms. The largest absolute Gasteiger partial charge is 0.379 e. The second-order valence-corrected chi connectivity index (χ2v) is 5.46. The number of thiophene rings is 1. The summed E-state index contributed by atoms with van der Waals surface area (Å²) in [6.45, 7) is 4.78. The maximum Gasteiger partial charge on any atom is 0.0669 e. The molecule has 1 N–H and O–H groups in total. The van der Waals surface area contributed by atoms with E-state index in [4.69, 9.17) is 4.74 Å². The molecule has 17 heavy (non-hydrogen) atoms. The molecule has 0 saturated carbocycles. The molecule has 1 aromatic heterocycles. The Morgan fingerprint density at radius 3 is 3.18 bits per heavy atom. The zero-order valence-corrected chi connectivity index (χ0v) is 10.8. The van der Waals surface area contributed by atoms with E-state index in [2.05, 4.69) is 36.5 Å². The molecule has 0 radical (unpaired) electrons. The van der Waals surface area contributed by atoms with Crippen LogP contribution in [0.25, 0.3) is 10.1 Å². The number of hydrogen-bond donors (Lipinski definition) is 1. The molecule has 1 aromatic carbocycles. The van der Waals surface area contributed by atoms with Gasteiger partial charge in [0.2, 0.25) is 0 Å². The van der Waals surface area contributed by atoms with Crippen LogP contribution in [0.1, 0.15) is 23.4 Å². The maximum absolute atomic E-state index is 5.69. The Balaban J connectivity index is 2.12. The number of likely N-dealkylation sites (N-methyl/N-ethyl adjacent to an activating group) is 1. The molecular weight excluding hydrogens is 230 g/mol. The van der Waals surface area contributed by atoms with Crippen LogP contribution >= 0.6 is 11.3 Å². The lowest BCUT2D eigenvalue weighted by molar-refractivity contribution is 0.122. The monoisotopic (exact) mass is 247 g/mol. The number of hydrogen-bond acceptors (Lipinski definition) is 3. The summed E-state index contributed by atoms with van der Waals surface area (Å²) in [5.41, 5.74) is 1.49. The fourth-order valence-corrected chi connectivity index (χ4v) is 3.82. The summed E-state index contributed by atoms with van der Waals surface area (Å²) in [6, 6.07) is 9.08. The number of ether oxygens (including phenoxy) is 1. The zero-order chi connectivity index (χ0) is 11.7. The van der Waals surface area contributed by atoms with Crippen molar-refractivity contribution in [3.05, 3.63) is 34.7 Å². The van der Waals surface area contributed by atoms with Crippen molar-refractivity contribution in [3.63, 3.8) is 0 Å². The molecule has 0 bridgehead atoms. The van der Waals surface area contributed by atoms with Crippen LogP contribution in [0.3, 0.4) is 0 Å². The van der Waals surface area contributed by atoms with Crippen LogP contribution in [0.15, 0.2) is 24.3 Å². The Labute approximate surface area is 106 Å². The number of nitrogens with one attached hydrogen (secondary N) is 1. The first-order valence-electron chi connectivity index (χ1n) is 6.21. The van der Waals surface area contributed by atoms with Crippen molar-refractivity contribution in [1.29, 1.82) is 0 Å². The minimum Gasteiger partial charge on any atom is -0.379 e. The van der Waals surface area contributed by atoms with E-state index >= 15 is 0 Å². The van der Waals surface area contributed by atoms with Gasteiger partial charge in [-0.2, -0.15) is 0 Å². The van der Waals surface area contributed by atoms with Gasteiger partial charge in [-0.15, -0.1) is 11.3 Å². The molecule has 3 heteroatoms. The van der Waals surface area contributed by atoms with Gasteiger partial charge in [0.05, 0.1) is 19.3 Å². The van der Waals surface area contributed by atoms with E-state index < -0.39 is 0 Å². The molecule has 0 saturated heterocycles. The van der Waals surface area contributed by atoms with Gasteiger partial charge >= 0.3 is 0 Å². The molecule has 1 aliphatic heterocycles. The van der Waals surface area contributed by atoms with E-state index in [1.807, 2.05) is 11.3 Å². The first kappa shape index (κ1) is 11.2. The molecule has 1 aliphatic rings. The van der Waals surface area contributed by atoms with Crippen LogP contribution in [0.5, 0.6) is 0 Å². The average molecular weight is 247 g/mol. The molecule has 2 heterocycles. The second-order valence-electron chi connectivity index (χ2n) is 4.38. The van der Waals surface area contributed by atoms with E-state index in [0.29, 0.717) is 6.04 Å². The highest BCUT2D eigenvalue weighted by Crippen LogP contribution is 2.37. The summed E-state index contributed by atoms with van der Waals surface area (Å²) >= 11 is 1.92. The Morgan fingerprint density at radius 1 is 1.41 bits per heavy atom. The Morgan fingerprint density at radius 2 is 2.29 bits per heavy atom. The molecule has 0 fully saturated rings. The highest BCUT2D eigenvalue weighted by molar-refractivity contribution is 7.19. The lowest BCUT2D eigenvalue weighted by Gasteiger charge is -2.14. The molecule has 2 aromatic rings. The van der Waals surface area contributed by atoms with Crippen molar-refractivity contribution in [2.75, 3.05) is 19.8 Å². The Bertz CT molecular complexity index is 520. The first-order valence-corrected chi connectivity index (χ1v) is 7.03. The summed E-state index contributed by atoms with van der Waals surface area (Å²) < 4.78 is 7.10. The molecule has 0 aliphatic carbocycles. The second kappa shape index (κ2) is 4.77. The minimum atomic E-state index is 0.370. The molecular formula is C14H17NOS. The zero-order valence-electron chi connectivity index (χ0n) is 10.0. The third kappa shape index (κ3) is 1.99. The summed E-state index contributed by atoms with van der Waals surface area (Å²) in [5, 5.41) is 4.94. The fraction of sp³-hybridized carbons (Fsp3) is 0.429. The van der Waals surface area contributed by atoms with Gasteiger partial charge in [-0.1, -0.05) is 25.1 Å². The number of fused-ring (bicyclic) bond motifs is 3. The van der Waals surface area contributed by atoms with Crippen molar-refractivity contribution in [2.24, 2.45) is 0 Å². The van der Waals surface area contributed by atoms with E-state index in [-0.39, 0.29) is 0 Å². The average Bonchev–Trinajstić information content (AvgIpc) is 2.61. The molecule has 0 amide bonds. The Kier molecular flexibility index (Phi) is 3.14. The van der Waals surface area contributed by atoms with Crippen LogP contribution < -0.4 is 5.32 Å². The van der Waals surface area contributed by atoms with Crippen LogP contribution in [-0.4, -0.2) is 19.8 Å². The van der Waals surface area contributed by atoms with Crippen LogP contribution in [-0.2, 0) is 11.2 Å². The lowest BCUT2D eigenvalue weighted by atomic mass is 10.1. The highest BCUT2D eigenvalue weighted by Gasteiger charge is 2.22. The fourth-order valence-electron chi connectivity index (χ4n) is 2.51. The van der Waals surface area contributed by atoms with Gasteiger partial charge in [0.15, 0.2) is 0 Å². The van der Waals surface area contributed by atoms with Gasteiger partial charge < -0.3 is 10.1 Å². The van der Waals surface area contributed by atoms with Crippen molar-refractivity contribution in [1.82, 2.24) is 5.32 Å². The lowest BCUT2D eigenvalue weighted by Crippen LogP contribution is -2.23. The van der Waals surface area contributed by atoms with Crippen molar-refractivity contribution >= 4 is 21.4 Å². The topological polar surface area (TPSA) is 21.3 Å². The third-order valence-electron chi connectivity index (χ3n) is 3.28. The van der Waals surface area contributed by atoms with Crippen molar-refractivity contribution in [3.8, 4) is 0 Å². The minimum absolute atomic E-state index is 0.370. The molecule has 1 atom stereocenters. The van der Waals surface area contributed by atoms with Gasteiger partial charge in [0.25, 0.3) is 0 Å². The third-order valence-corrected chi connectivity index (χ3v) is 4.60. The quantitative estimate of drug-likeness (QED) is 0.880. The summed E-state index contributed by atoms with van der Waals surface area (Å²) in [5.74, 6) is 0. The smallest absolute Gasteiger partial charge is 0.0669 e. The standard InChI is InChI=1S/C14H17NOS/c1-2-15-12-9-16-8-7-11-10-5-3-4-6-13(10)17-14(11)12/h3-6,12,15H,2,7-9H2,1H3. The predicted octanol–water partition coefficient (Wildman–Crippen LogP) is 3.12. The molecule has 1 unspecified atom stereocenters. The van der Waals surface area contributed by atoms with E-state index in [9.17, 15) is 0 Å². The van der Waals surface area contributed by atoms with Crippen LogP contribution in [0.2, 0.25) is 0 Å². The van der Waals surface area contributed by atoms with Gasteiger partial charge in [-0.05, 0) is 30.0 Å². The normalized spacial score (nSPS) is 20.2. The van der Waals surface area contributed by atoms with Gasteiger partial charge in [-0.25, -0.2) is 0 Å². The number of rotatable bonds is 2. The van der Waals surface area contributed by atoms with Crippen LogP contribution in [0, 0.1) is 0 Å². The van der Waals surface area contributed by atoms with Gasteiger partial charge in [-0.3, -0.25) is 0 Å². The van der Waals surface area contributed by atoms with E-state index in [0.717, 1.165) is 26.2 Å². The number of benzene rings is 1. The van der Waals surface area contributed by atoms with E-state index in [1.54, 1.807) is 0 Å². The van der Waals surface area contributed by atoms with Crippen molar-refractivity contribution < 1.29 is 4.74 Å². The van der Waals surface area contributed by atoms with E-state index in [1.165, 1.54) is 20.5 Å². The van der Waals surface area contributed by atoms with Crippen molar-refractivity contribution in [2.45, 2.75) is 19.4 Å². The highest BCUT2D eigenvalue weighted by atomic mass is 32.1. The summed E-state index contributed by atoms with van der Waals surface area (Å²) in [7, 11) is 0. The Hall–Kier alpha value is -0.900. The van der Waals surface area contributed by atoms with Crippen LogP contribution in [0.4, 0.5) is 0 Å². The SMILES string of the molecule is CCNC1COCCc2c1sc1ccccc21. The maximum atomic E-state index is 5.69. The predicted molar refractivity (Wildman–Crippen MR) is 72.8 cm³/mol. The molecule has 2 nitrogen and oxygen atoms in total. The van der Waals surface area contributed by atoms with Gasteiger partial charge in [0, 0.05) is 9.58 Å².